The lowest BCUT2D eigenvalue weighted by atomic mass is 9.59. The highest BCUT2D eigenvalue weighted by molar-refractivity contribution is 5.71. The number of rotatable bonds is 7. The highest BCUT2D eigenvalue weighted by Gasteiger charge is 2.48. The molecule has 3 aromatic rings. The van der Waals surface area contributed by atoms with Gasteiger partial charge in [-0.1, -0.05) is 45.0 Å². The van der Waals surface area contributed by atoms with Gasteiger partial charge in [-0.15, -0.1) is 0 Å². The van der Waals surface area contributed by atoms with Crippen LogP contribution in [0, 0.1) is 11.2 Å². The van der Waals surface area contributed by atoms with Gasteiger partial charge < -0.3 is 15.7 Å². The van der Waals surface area contributed by atoms with Gasteiger partial charge in [0.1, 0.15) is 5.82 Å². The van der Waals surface area contributed by atoms with E-state index in [-0.39, 0.29) is 12.2 Å². The van der Waals surface area contributed by atoms with Crippen LogP contribution in [0.1, 0.15) is 44.0 Å². The molecule has 0 fully saturated rings. The third-order valence-corrected chi connectivity index (χ3v) is 5.97. The summed E-state index contributed by atoms with van der Waals surface area (Å²) < 4.78 is 13.7. The highest BCUT2D eigenvalue weighted by atomic mass is 19.1. The van der Waals surface area contributed by atoms with Crippen molar-refractivity contribution in [2.45, 2.75) is 39.2 Å². The van der Waals surface area contributed by atoms with E-state index in [1.54, 1.807) is 24.4 Å². The molecule has 2 aromatic carbocycles. The molecule has 168 valence electrons. The van der Waals surface area contributed by atoms with E-state index in [0.717, 1.165) is 11.3 Å². The lowest BCUT2D eigenvalue weighted by Gasteiger charge is -2.44. The number of carboxylic acids is 1. The minimum Gasteiger partial charge on any atom is -0.481 e. The smallest absolute Gasteiger partial charge is 0.304 e. The van der Waals surface area contributed by atoms with Crippen LogP contribution in [-0.4, -0.2) is 28.1 Å². The predicted molar refractivity (Wildman–Crippen MR) is 123 cm³/mol. The molecule has 0 aliphatic heterocycles. The summed E-state index contributed by atoms with van der Waals surface area (Å²) in [6.45, 7) is 6.36. The number of hydrogen-bond acceptors (Lipinski definition) is 5. The molecule has 0 spiro atoms. The zero-order chi connectivity index (χ0) is 23.5. The van der Waals surface area contributed by atoms with Crippen LogP contribution >= 0.6 is 0 Å². The van der Waals surface area contributed by atoms with Crippen LogP contribution in [0.5, 0.6) is 0 Å². The van der Waals surface area contributed by atoms with Crippen molar-refractivity contribution in [3.05, 3.63) is 83.4 Å². The maximum Gasteiger partial charge on any atom is 0.304 e. The zero-order valence-corrected chi connectivity index (χ0v) is 18.8. The average Bonchev–Trinajstić information content (AvgIpc) is 2.77. The van der Waals surface area contributed by atoms with Gasteiger partial charge in [-0.05, 0) is 46.9 Å². The van der Waals surface area contributed by atoms with Crippen molar-refractivity contribution in [1.29, 1.82) is 0 Å². The number of aliphatic carboxylic acids is 1. The molecule has 3 N–H and O–H groups in total. The van der Waals surface area contributed by atoms with Gasteiger partial charge in [0.15, 0.2) is 0 Å². The molecule has 0 aliphatic rings. The second kappa shape index (κ2) is 9.04. The van der Waals surface area contributed by atoms with Gasteiger partial charge in [-0.25, -0.2) is 14.4 Å². The van der Waals surface area contributed by atoms with Crippen LogP contribution in [0.15, 0.2) is 60.8 Å². The number of aromatic nitrogens is 2. The van der Waals surface area contributed by atoms with Gasteiger partial charge in [0.25, 0.3) is 0 Å². The van der Waals surface area contributed by atoms with Crippen LogP contribution in [0.25, 0.3) is 0 Å². The molecule has 1 unspecified atom stereocenters. The second-order valence-electron chi connectivity index (χ2n) is 8.90. The quantitative estimate of drug-likeness (QED) is 0.560. The van der Waals surface area contributed by atoms with Gasteiger partial charge in [0, 0.05) is 25.5 Å². The number of benzene rings is 2. The first-order chi connectivity index (χ1) is 15.1. The molecular weight excluding hydrogens is 407 g/mol. The van der Waals surface area contributed by atoms with E-state index >= 15 is 0 Å². The van der Waals surface area contributed by atoms with Crippen molar-refractivity contribution in [2.24, 2.45) is 11.1 Å². The number of halogens is 1. The lowest BCUT2D eigenvalue weighted by Crippen LogP contribution is -2.44. The van der Waals surface area contributed by atoms with Crippen LogP contribution in [-0.2, 0) is 16.8 Å². The predicted octanol–water partition coefficient (Wildman–Crippen LogP) is 4.65. The Balaban J connectivity index is 2.16. The Bertz CT molecular complexity index is 1080. The van der Waals surface area contributed by atoms with Gasteiger partial charge in [0.2, 0.25) is 5.95 Å². The van der Waals surface area contributed by atoms with E-state index in [1.807, 2.05) is 57.0 Å². The first kappa shape index (κ1) is 23.3. The molecular formula is C25H29FN4O2. The van der Waals surface area contributed by atoms with Crippen molar-refractivity contribution in [1.82, 2.24) is 9.97 Å². The Morgan fingerprint density at radius 3 is 2.22 bits per heavy atom. The van der Waals surface area contributed by atoms with E-state index in [4.69, 9.17) is 10.7 Å². The molecule has 32 heavy (non-hydrogen) atoms. The Hall–Kier alpha value is -3.32. The first-order valence-corrected chi connectivity index (χ1v) is 10.4. The van der Waals surface area contributed by atoms with Crippen LogP contribution in [0.2, 0.25) is 0 Å². The standard InChI is InChI=1S/C25H29FN4O2/c1-24(2,3)25(15-22(31)32,18-7-9-19(26)10-8-18)21-13-14-28-23(29-21)30(4)20-11-5-17(16-27)6-12-20/h5-14H,15-16,27H2,1-4H3,(H,31,32). The summed E-state index contributed by atoms with van der Waals surface area (Å²) in [5.41, 5.74) is 7.28. The Morgan fingerprint density at radius 2 is 1.69 bits per heavy atom. The summed E-state index contributed by atoms with van der Waals surface area (Å²) in [5, 5.41) is 9.86. The monoisotopic (exact) mass is 436 g/mol. The minimum atomic E-state index is -1.01. The van der Waals surface area contributed by atoms with Gasteiger partial charge >= 0.3 is 5.97 Å². The van der Waals surface area contributed by atoms with E-state index < -0.39 is 16.8 Å². The number of carbonyl (C=O) groups is 1. The molecule has 6 nitrogen and oxygen atoms in total. The molecule has 1 heterocycles. The van der Waals surface area contributed by atoms with Crippen molar-refractivity contribution in [3.8, 4) is 0 Å². The van der Waals surface area contributed by atoms with Gasteiger partial charge in [-0.3, -0.25) is 4.79 Å². The van der Waals surface area contributed by atoms with Crippen LogP contribution in [0.4, 0.5) is 16.0 Å². The first-order valence-electron chi connectivity index (χ1n) is 10.4. The fourth-order valence-electron chi connectivity index (χ4n) is 4.10. The summed E-state index contributed by atoms with van der Waals surface area (Å²) in [7, 11) is 1.85. The fourth-order valence-corrected chi connectivity index (χ4v) is 4.10. The van der Waals surface area contributed by atoms with Crippen molar-refractivity contribution in [3.63, 3.8) is 0 Å². The largest absolute Gasteiger partial charge is 0.481 e. The summed E-state index contributed by atoms with van der Waals surface area (Å²) in [4.78, 5) is 23.1. The maximum absolute atomic E-state index is 13.7. The third-order valence-electron chi connectivity index (χ3n) is 5.97. The Labute approximate surface area is 187 Å². The van der Waals surface area contributed by atoms with E-state index in [9.17, 15) is 14.3 Å². The van der Waals surface area contributed by atoms with Crippen molar-refractivity contribution in [2.75, 3.05) is 11.9 Å². The molecule has 3 rings (SSSR count). The molecule has 0 bridgehead atoms. The molecule has 1 aromatic heterocycles. The summed E-state index contributed by atoms with van der Waals surface area (Å²) in [5.74, 6) is -0.907. The van der Waals surface area contributed by atoms with E-state index in [2.05, 4.69) is 4.98 Å². The number of anilines is 2. The van der Waals surface area contributed by atoms with Gasteiger partial charge in [-0.2, -0.15) is 0 Å². The molecule has 0 saturated carbocycles. The molecule has 0 saturated heterocycles. The number of nitrogens with two attached hydrogens (primary N) is 1. The molecule has 7 heteroatoms. The van der Waals surface area contributed by atoms with Crippen LogP contribution in [0.3, 0.4) is 0 Å². The Kier molecular flexibility index (Phi) is 6.60. The molecule has 0 amide bonds. The van der Waals surface area contributed by atoms with Crippen molar-refractivity contribution >= 4 is 17.6 Å². The number of carboxylic acid groups (broad SMARTS) is 1. The van der Waals surface area contributed by atoms with Crippen LogP contribution < -0.4 is 10.6 Å². The SMILES string of the molecule is CN(c1ccc(CN)cc1)c1nccc(C(CC(=O)O)(c2ccc(F)cc2)C(C)(C)C)n1. The zero-order valence-electron chi connectivity index (χ0n) is 18.8. The highest BCUT2D eigenvalue weighted by Crippen LogP contribution is 2.49. The topological polar surface area (TPSA) is 92.3 Å². The normalized spacial score (nSPS) is 13.4. The van der Waals surface area contributed by atoms with E-state index in [1.165, 1.54) is 12.1 Å². The van der Waals surface area contributed by atoms with Crippen molar-refractivity contribution < 1.29 is 14.3 Å². The molecule has 0 aliphatic carbocycles. The van der Waals surface area contributed by atoms with E-state index in [0.29, 0.717) is 23.8 Å². The third kappa shape index (κ3) is 4.48. The summed E-state index contributed by atoms with van der Waals surface area (Å²) >= 11 is 0. The minimum absolute atomic E-state index is 0.201. The molecule has 1 atom stereocenters. The maximum atomic E-state index is 13.7. The Morgan fingerprint density at radius 1 is 1.06 bits per heavy atom. The second-order valence-corrected chi connectivity index (χ2v) is 8.90. The summed E-state index contributed by atoms with van der Waals surface area (Å²) in [6, 6.07) is 15.5. The average molecular weight is 437 g/mol. The van der Waals surface area contributed by atoms with Gasteiger partial charge in [0.05, 0.1) is 17.5 Å². The molecule has 0 radical (unpaired) electrons. The number of nitrogens with zero attached hydrogens (tertiary/aromatic N) is 3. The summed E-state index contributed by atoms with van der Waals surface area (Å²) in [6.07, 6.45) is 1.43. The number of hydrogen-bond donors (Lipinski definition) is 2. The fraction of sp³-hybridized carbons (Fsp3) is 0.320. The lowest BCUT2D eigenvalue weighted by molar-refractivity contribution is -0.139.